The van der Waals surface area contributed by atoms with Crippen molar-refractivity contribution in [1.29, 1.82) is 0 Å². The van der Waals surface area contributed by atoms with Crippen LogP contribution in [0, 0.1) is 0 Å². The SMILES string of the molecule is CCNCN(CNC(C)=O)CNC(C)=O. The summed E-state index contributed by atoms with van der Waals surface area (Å²) < 4.78 is 0. The average Bonchev–Trinajstić information content (AvgIpc) is 2.16. The second kappa shape index (κ2) is 8.19. The Kier molecular flexibility index (Phi) is 7.57. The Morgan fingerprint density at radius 1 is 1.00 bits per heavy atom. The number of nitrogens with zero attached hydrogens (tertiary/aromatic N) is 1. The Morgan fingerprint density at radius 2 is 1.47 bits per heavy atom. The maximum Gasteiger partial charge on any atom is 0.217 e. The predicted molar refractivity (Wildman–Crippen MR) is 57.8 cm³/mol. The second-order valence-electron chi connectivity index (χ2n) is 3.21. The van der Waals surface area contributed by atoms with E-state index in [1.54, 1.807) is 0 Å². The van der Waals surface area contributed by atoms with E-state index >= 15 is 0 Å². The van der Waals surface area contributed by atoms with Crippen LogP contribution in [0.2, 0.25) is 0 Å². The van der Waals surface area contributed by atoms with Gasteiger partial charge in [0.1, 0.15) is 0 Å². The van der Waals surface area contributed by atoms with Crippen LogP contribution in [0.1, 0.15) is 20.8 Å². The molecular formula is C9H20N4O2. The van der Waals surface area contributed by atoms with E-state index in [0.717, 1.165) is 6.54 Å². The first-order valence-corrected chi connectivity index (χ1v) is 4.98. The zero-order chi connectivity index (χ0) is 11.7. The van der Waals surface area contributed by atoms with Crippen molar-refractivity contribution in [3.63, 3.8) is 0 Å². The van der Waals surface area contributed by atoms with Crippen LogP contribution in [0.5, 0.6) is 0 Å². The minimum atomic E-state index is -0.0840. The van der Waals surface area contributed by atoms with E-state index in [2.05, 4.69) is 16.0 Å². The molecule has 2 amide bonds. The first-order valence-electron chi connectivity index (χ1n) is 4.98. The number of amides is 2. The summed E-state index contributed by atoms with van der Waals surface area (Å²) in [6.45, 7) is 7.22. The molecule has 0 rings (SSSR count). The number of nitrogens with one attached hydrogen (secondary N) is 3. The van der Waals surface area contributed by atoms with Gasteiger partial charge < -0.3 is 16.0 Å². The molecule has 3 N–H and O–H groups in total. The minimum absolute atomic E-state index is 0.0840. The van der Waals surface area contributed by atoms with Crippen LogP contribution in [-0.4, -0.2) is 43.3 Å². The van der Waals surface area contributed by atoms with Crippen molar-refractivity contribution in [2.24, 2.45) is 0 Å². The van der Waals surface area contributed by atoms with Gasteiger partial charge in [0.15, 0.2) is 0 Å². The normalized spacial score (nSPS) is 10.1. The van der Waals surface area contributed by atoms with Crippen molar-refractivity contribution in [3.8, 4) is 0 Å². The summed E-state index contributed by atoms with van der Waals surface area (Å²) in [6, 6.07) is 0. The smallest absolute Gasteiger partial charge is 0.217 e. The Labute approximate surface area is 90.4 Å². The molecule has 0 unspecified atom stereocenters. The van der Waals surface area contributed by atoms with Crippen LogP contribution in [0.3, 0.4) is 0 Å². The molecule has 0 aliphatic rings. The van der Waals surface area contributed by atoms with Gasteiger partial charge in [-0.25, -0.2) is 0 Å². The fraction of sp³-hybridized carbons (Fsp3) is 0.778. The van der Waals surface area contributed by atoms with E-state index in [1.165, 1.54) is 13.8 Å². The molecule has 0 spiro atoms. The van der Waals surface area contributed by atoms with Crippen LogP contribution in [0.15, 0.2) is 0 Å². The van der Waals surface area contributed by atoms with Gasteiger partial charge in [-0.05, 0) is 6.54 Å². The highest BCUT2D eigenvalue weighted by atomic mass is 16.2. The molecule has 0 aromatic rings. The van der Waals surface area contributed by atoms with Gasteiger partial charge in [-0.15, -0.1) is 0 Å². The summed E-state index contributed by atoms with van der Waals surface area (Å²) in [7, 11) is 0. The summed E-state index contributed by atoms with van der Waals surface area (Å²) in [5.41, 5.74) is 0. The van der Waals surface area contributed by atoms with Gasteiger partial charge in [-0.1, -0.05) is 6.92 Å². The number of hydrogen-bond acceptors (Lipinski definition) is 4. The van der Waals surface area contributed by atoms with Crippen molar-refractivity contribution < 1.29 is 9.59 Å². The van der Waals surface area contributed by atoms with Gasteiger partial charge in [0.25, 0.3) is 0 Å². The van der Waals surface area contributed by atoms with Crippen molar-refractivity contribution in [3.05, 3.63) is 0 Å². The molecule has 0 atom stereocenters. The number of rotatable bonds is 7. The summed E-state index contributed by atoms with van der Waals surface area (Å²) in [6.07, 6.45) is 0. The Bertz CT molecular complexity index is 190. The van der Waals surface area contributed by atoms with Crippen LogP contribution in [-0.2, 0) is 9.59 Å². The summed E-state index contributed by atoms with van der Waals surface area (Å²) in [5, 5.41) is 8.47. The van der Waals surface area contributed by atoms with Crippen LogP contribution in [0.25, 0.3) is 0 Å². The molecule has 0 aromatic carbocycles. The molecule has 0 saturated heterocycles. The van der Waals surface area contributed by atoms with E-state index in [0.29, 0.717) is 20.0 Å². The van der Waals surface area contributed by atoms with Gasteiger partial charge in [0.2, 0.25) is 11.8 Å². The monoisotopic (exact) mass is 216 g/mol. The Hall–Kier alpha value is -1.14. The molecule has 0 bridgehead atoms. The van der Waals surface area contributed by atoms with E-state index in [4.69, 9.17) is 0 Å². The maximum atomic E-state index is 10.7. The minimum Gasteiger partial charge on any atom is -0.343 e. The van der Waals surface area contributed by atoms with Crippen molar-refractivity contribution >= 4 is 11.8 Å². The standard InChI is InChI=1S/C9H20N4O2/c1-4-10-5-13(6-11-8(2)14)7-12-9(3)15/h10H,4-7H2,1-3H3,(H,11,14)(H,12,15). The third kappa shape index (κ3) is 9.17. The highest BCUT2D eigenvalue weighted by Crippen LogP contribution is 1.80. The van der Waals surface area contributed by atoms with Crippen LogP contribution >= 0.6 is 0 Å². The Morgan fingerprint density at radius 3 is 1.80 bits per heavy atom. The molecule has 0 saturated carbocycles. The summed E-state index contributed by atoms with van der Waals surface area (Å²) >= 11 is 0. The molecule has 0 heterocycles. The fourth-order valence-corrected chi connectivity index (χ4v) is 0.884. The molecule has 6 heteroatoms. The summed E-state index contributed by atoms with van der Waals surface area (Å²) in [5.74, 6) is -0.168. The van der Waals surface area contributed by atoms with E-state index in [1.807, 2.05) is 11.8 Å². The Balaban J connectivity index is 3.82. The lowest BCUT2D eigenvalue weighted by Gasteiger charge is -2.22. The lowest BCUT2D eigenvalue weighted by Crippen LogP contribution is -2.46. The van der Waals surface area contributed by atoms with Crippen LogP contribution < -0.4 is 16.0 Å². The zero-order valence-corrected chi connectivity index (χ0v) is 9.59. The number of carbonyl (C=O) groups is 2. The third-order valence-electron chi connectivity index (χ3n) is 1.69. The maximum absolute atomic E-state index is 10.7. The van der Waals surface area contributed by atoms with E-state index in [9.17, 15) is 9.59 Å². The fourth-order valence-electron chi connectivity index (χ4n) is 0.884. The first-order chi connectivity index (χ1) is 7.06. The van der Waals surface area contributed by atoms with Gasteiger partial charge >= 0.3 is 0 Å². The van der Waals surface area contributed by atoms with Crippen molar-refractivity contribution in [1.82, 2.24) is 20.9 Å². The summed E-state index contributed by atoms with van der Waals surface area (Å²) in [4.78, 5) is 23.3. The zero-order valence-electron chi connectivity index (χ0n) is 9.59. The van der Waals surface area contributed by atoms with Gasteiger partial charge in [0.05, 0.1) is 20.0 Å². The number of carbonyl (C=O) groups excluding carboxylic acids is 2. The molecule has 0 fully saturated rings. The molecule has 0 aromatic heterocycles. The first kappa shape index (κ1) is 13.9. The van der Waals surface area contributed by atoms with Crippen LogP contribution in [0.4, 0.5) is 0 Å². The molecule has 15 heavy (non-hydrogen) atoms. The molecule has 6 nitrogen and oxygen atoms in total. The molecule has 88 valence electrons. The second-order valence-corrected chi connectivity index (χ2v) is 3.21. The molecule has 0 aliphatic carbocycles. The highest BCUT2D eigenvalue weighted by Gasteiger charge is 2.04. The van der Waals surface area contributed by atoms with Crippen molar-refractivity contribution in [2.45, 2.75) is 20.8 Å². The topological polar surface area (TPSA) is 73.5 Å². The van der Waals surface area contributed by atoms with Gasteiger partial charge in [0, 0.05) is 13.8 Å². The van der Waals surface area contributed by atoms with Gasteiger partial charge in [-0.3, -0.25) is 14.5 Å². The van der Waals surface area contributed by atoms with Crippen molar-refractivity contribution in [2.75, 3.05) is 26.6 Å². The molecule has 0 aliphatic heterocycles. The van der Waals surface area contributed by atoms with Gasteiger partial charge in [-0.2, -0.15) is 0 Å². The third-order valence-corrected chi connectivity index (χ3v) is 1.69. The largest absolute Gasteiger partial charge is 0.343 e. The quantitative estimate of drug-likeness (QED) is 0.479. The molecular weight excluding hydrogens is 196 g/mol. The highest BCUT2D eigenvalue weighted by molar-refractivity contribution is 5.73. The number of hydrogen-bond donors (Lipinski definition) is 3. The van der Waals surface area contributed by atoms with E-state index < -0.39 is 0 Å². The predicted octanol–water partition coefficient (Wildman–Crippen LogP) is -0.957. The lowest BCUT2D eigenvalue weighted by molar-refractivity contribution is -0.120. The lowest BCUT2D eigenvalue weighted by atomic mass is 10.6. The van der Waals surface area contributed by atoms with E-state index in [-0.39, 0.29) is 11.8 Å². The molecule has 0 radical (unpaired) electrons. The average molecular weight is 216 g/mol.